The number of carbonyl (C=O) groups excluding carboxylic acids is 1. The fraction of sp³-hybridized carbons (Fsp3) is 0.438. The molecule has 2 N–H and O–H groups in total. The molecule has 1 fully saturated rings. The zero-order valence-corrected chi connectivity index (χ0v) is 12.7. The summed E-state index contributed by atoms with van der Waals surface area (Å²) in [6.45, 7) is 1.29. The molecular weight excluding hydrogens is 280 g/mol. The number of aromatic nitrogens is 2. The Bertz CT molecular complexity index is 689. The Morgan fingerprint density at radius 2 is 2.23 bits per heavy atom. The Morgan fingerprint density at radius 1 is 1.41 bits per heavy atom. The highest BCUT2D eigenvalue weighted by atomic mass is 16.5. The molecule has 0 aliphatic carbocycles. The third-order valence-electron chi connectivity index (χ3n) is 4.00. The molecule has 22 heavy (non-hydrogen) atoms. The molecule has 1 aliphatic heterocycles. The molecule has 0 bridgehead atoms. The molecule has 116 valence electrons. The number of hydrogen-bond acceptors (Lipinski definition) is 6. The van der Waals surface area contributed by atoms with Crippen LogP contribution < -0.4 is 10.6 Å². The van der Waals surface area contributed by atoms with Crippen LogP contribution in [0.4, 0.5) is 5.82 Å². The van der Waals surface area contributed by atoms with Crippen LogP contribution in [0.25, 0.3) is 10.9 Å². The molecule has 0 saturated carbocycles. The highest BCUT2D eigenvalue weighted by Crippen LogP contribution is 2.30. The number of benzene rings is 1. The summed E-state index contributed by atoms with van der Waals surface area (Å²) in [6, 6.07) is 7.59. The van der Waals surface area contributed by atoms with Crippen LogP contribution in [0.15, 0.2) is 24.3 Å². The summed E-state index contributed by atoms with van der Waals surface area (Å²) < 4.78 is 4.93. The molecule has 1 atom stereocenters. The molecule has 0 spiro atoms. The van der Waals surface area contributed by atoms with Gasteiger partial charge < -0.3 is 15.4 Å². The van der Waals surface area contributed by atoms with Crippen molar-refractivity contribution < 1.29 is 9.53 Å². The van der Waals surface area contributed by atoms with Gasteiger partial charge in [-0.2, -0.15) is 0 Å². The molecule has 0 radical (unpaired) electrons. The highest BCUT2D eigenvalue weighted by Gasteiger charge is 2.33. The van der Waals surface area contributed by atoms with Gasteiger partial charge in [-0.3, -0.25) is 0 Å². The van der Waals surface area contributed by atoms with Crippen molar-refractivity contribution in [3.05, 3.63) is 30.1 Å². The van der Waals surface area contributed by atoms with E-state index < -0.39 is 0 Å². The first kappa shape index (κ1) is 14.7. The van der Waals surface area contributed by atoms with Crippen molar-refractivity contribution in [1.82, 2.24) is 9.97 Å². The van der Waals surface area contributed by atoms with E-state index in [0.29, 0.717) is 18.8 Å². The molecule has 1 saturated heterocycles. The lowest BCUT2D eigenvalue weighted by Gasteiger charge is -2.25. The molecule has 2 aromatic rings. The van der Waals surface area contributed by atoms with Crippen LogP contribution in [0.1, 0.15) is 18.7 Å². The van der Waals surface area contributed by atoms with Gasteiger partial charge in [-0.15, -0.1) is 0 Å². The fourth-order valence-electron chi connectivity index (χ4n) is 2.97. The van der Waals surface area contributed by atoms with Crippen LogP contribution >= 0.6 is 0 Å². The maximum absolute atomic E-state index is 12.0. The third-order valence-corrected chi connectivity index (χ3v) is 4.00. The maximum atomic E-state index is 12.0. The average Bonchev–Trinajstić information content (AvgIpc) is 3.03. The molecule has 1 aromatic heterocycles. The van der Waals surface area contributed by atoms with Crippen LogP contribution in [0.2, 0.25) is 0 Å². The number of nitrogens with two attached hydrogens (primary N) is 1. The Labute approximate surface area is 129 Å². The van der Waals surface area contributed by atoms with Gasteiger partial charge in [0, 0.05) is 18.4 Å². The topological polar surface area (TPSA) is 81.3 Å². The summed E-state index contributed by atoms with van der Waals surface area (Å²) in [6.07, 6.45) is 2.36. The lowest BCUT2D eigenvalue weighted by molar-refractivity contribution is -0.141. The average molecular weight is 300 g/mol. The van der Waals surface area contributed by atoms with Gasteiger partial charge in [0.2, 0.25) is 0 Å². The van der Waals surface area contributed by atoms with E-state index in [9.17, 15) is 4.79 Å². The van der Waals surface area contributed by atoms with Crippen molar-refractivity contribution in [3.8, 4) is 0 Å². The predicted molar refractivity (Wildman–Crippen MR) is 84.7 cm³/mol. The van der Waals surface area contributed by atoms with Gasteiger partial charge in [0.05, 0.1) is 12.6 Å². The Hall–Kier alpha value is -2.21. The second-order valence-corrected chi connectivity index (χ2v) is 5.39. The number of nitrogens with zero attached hydrogens (tertiary/aromatic N) is 3. The lowest BCUT2D eigenvalue weighted by atomic mass is 10.2. The van der Waals surface area contributed by atoms with Crippen molar-refractivity contribution in [2.45, 2.75) is 25.3 Å². The van der Waals surface area contributed by atoms with Crippen LogP contribution in [-0.4, -0.2) is 42.2 Å². The molecule has 0 unspecified atom stereocenters. The Kier molecular flexibility index (Phi) is 4.20. The van der Waals surface area contributed by atoms with Crippen molar-refractivity contribution >= 4 is 22.7 Å². The smallest absolute Gasteiger partial charge is 0.328 e. The zero-order chi connectivity index (χ0) is 15.5. The summed E-state index contributed by atoms with van der Waals surface area (Å²) in [5.74, 6) is 1.31. The number of carbonyl (C=O) groups is 1. The number of hydrogen-bond donors (Lipinski definition) is 1. The van der Waals surface area contributed by atoms with E-state index >= 15 is 0 Å². The molecule has 1 aromatic carbocycles. The summed E-state index contributed by atoms with van der Waals surface area (Å²) >= 11 is 0. The van der Waals surface area contributed by atoms with Crippen LogP contribution in [0.5, 0.6) is 0 Å². The lowest BCUT2D eigenvalue weighted by Crippen LogP contribution is -2.37. The molecule has 2 heterocycles. The summed E-state index contributed by atoms with van der Waals surface area (Å²) in [5.41, 5.74) is 6.52. The minimum atomic E-state index is -0.269. The number of fused-ring (bicyclic) bond motifs is 1. The van der Waals surface area contributed by atoms with Gasteiger partial charge in [-0.05, 0) is 31.5 Å². The minimum absolute atomic E-state index is 0.208. The van der Waals surface area contributed by atoms with Gasteiger partial charge >= 0.3 is 5.97 Å². The minimum Gasteiger partial charge on any atom is -0.467 e. The summed E-state index contributed by atoms with van der Waals surface area (Å²) in [5, 5.41) is 0.957. The first-order valence-electron chi connectivity index (χ1n) is 7.55. The Balaban J connectivity index is 2.10. The molecule has 1 aliphatic rings. The van der Waals surface area contributed by atoms with Crippen molar-refractivity contribution in [2.75, 3.05) is 25.1 Å². The van der Waals surface area contributed by atoms with Crippen LogP contribution in [0, 0.1) is 0 Å². The quantitative estimate of drug-likeness (QED) is 0.856. The summed E-state index contributed by atoms with van der Waals surface area (Å²) in [7, 11) is 1.43. The van der Waals surface area contributed by atoms with Crippen molar-refractivity contribution in [1.29, 1.82) is 0 Å². The molecular formula is C16H20N4O2. The number of rotatable bonds is 4. The van der Waals surface area contributed by atoms with E-state index in [0.717, 1.165) is 36.1 Å². The summed E-state index contributed by atoms with van der Waals surface area (Å²) in [4.78, 5) is 23.3. The van der Waals surface area contributed by atoms with E-state index in [1.54, 1.807) is 0 Å². The molecule has 0 amide bonds. The predicted octanol–water partition coefficient (Wildman–Crippen LogP) is 1.27. The Morgan fingerprint density at radius 3 is 3.00 bits per heavy atom. The third kappa shape index (κ3) is 2.62. The zero-order valence-electron chi connectivity index (χ0n) is 12.7. The number of ether oxygens (including phenoxy) is 1. The van der Waals surface area contributed by atoms with E-state index in [2.05, 4.69) is 9.97 Å². The van der Waals surface area contributed by atoms with E-state index in [1.165, 1.54) is 7.11 Å². The molecule has 6 heteroatoms. The van der Waals surface area contributed by atoms with Crippen LogP contribution in [0.3, 0.4) is 0 Å². The fourth-order valence-corrected chi connectivity index (χ4v) is 2.97. The van der Waals surface area contributed by atoms with E-state index in [1.807, 2.05) is 29.2 Å². The van der Waals surface area contributed by atoms with Gasteiger partial charge in [0.25, 0.3) is 0 Å². The number of anilines is 1. The first-order chi connectivity index (χ1) is 10.7. The van der Waals surface area contributed by atoms with Crippen molar-refractivity contribution in [3.63, 3.8) is 0 Å². The highest BCUT2D eigenvalue weighted by molar-refractivity contribution is 5.92. The van der Waals surface area contributed by atoms with E-state index in [4.69, 9.17) is 10.5 Å². The number of methoxy groups -OCH3 is 1. The SMILES string of the molecule is COC(=O)[C@@H]1CCCN1c1nc(CCN)nc2ccccc12. The van der Waals surface area contributed by atoms with Gasteiger partial charge in [-0.1, -0.05) is 12.1 Å². The number of para-hydroxylation sites is 1. The second kappa shape index (κ2) is 6.27. The molecule has 3 rings (SSSR count). The second-order valence-electron chi connectivity index (χ2n) is 5.39. The first-order valence-corrected chi connectivity index (χ1v) is 7.55. The standard InChI is InChI=1S/C16H20N4O2/c1-22-16(21)13-7-4-10-20(13)15-11-5-2-3-6-12(11)18-14(19-15)8-9-17/h2-3,5-6,13H,4,7-10,17H2,1H3/t13-/m0/s1. The normalized spacial score (nSPS) is 17.9. The van der Waals surface area contributed by atoms with E-state index in [-0.39, 0.29) is 12.0 Å². The van der Waals surface area contributed by atoms with Gasteiger partial charge in [0.1, 0.15) is 17.7 Å². The van der Waals surface area contributed by atoms with Crippen LogP contribution in [-0.2, 0) is 16.0 Å². The largest absolute Gasteiger partial charge is 0.467 e. The molecule has 6 nitrogen and oxygen atoms in total. The van der Waals surface area contributed by atoms with Gasteiger partial charge in [-0.25, -0.2) is 14.8 Å². The maximum Gasteiger partial charge on any atom is 0.328 e. The van der Waals surface area contributed by atoms with Gasteiger partial charge in [0.15, 0.2) is 0 Å². The van der Waals surface area contributed by atoms with Crippen molar-refractivity contribution in [2.24, 2.45) is 5.73 Å². The monoisotopic (exact) mass is 300 g/mol. The number of esters is 1.